The second kappa shape index (κ2) is 3.58. The summed E-state index contributed by atoms with van der Waals surface area (Å²) in [5, 5.41) is 4.36. The molecule has 1 saturated heterocycles. The third-order valence-electron chi connectivity index (χ3n) is 2.39. The van der Waals surface area contributed by atoms with E-state index in [1.165, 1.54) is 24.8 Å². The van der Waals surface area contributed by atoms with Crippen molar-refractivity contribution in [1.82, 2.24) is 0 Å². The molecule has 2 heteroatoms. The van der Waals surface area contributed by atoms with Gasteiger partial charge in [0.1, 0.15) is 0 Å². The molecule has 1 aliphatic heterocycles. The molecule has 66 valence electrons. The molecule has 0 amide bonds. The van der Waals surface area contributed by atoms with Crippen LogP contribution in [0.3, 0.4) is 0 Å². The standard InChI is InChI=1S/C10H14OS/c1-2-9-10(11-9)4-3-8-5-6-12-7-8/h5-7,9-10H,2-4H2,1H3. The number of rotatable bonds is 4. The van der Waals surface area contributed by atoms with Gasteiger partial charge < -0.3 is 4.74 Å². The van der Waals surface area contributed by atoms with Crippen LogP contribution in [0.1, 0.15) is 25.3 Å². The number of hydrogen-bond acceptors (Lipinski definition) is 2. The lowest BCUT2D eigenvalue weighted by atomic mass is 10.1. The number of epoxide rings is 1. The van der Waals surface area contributed by atoms with E-state index in [1.54, 1.807) is 11.3 Å². The third-order valence-corrected chi connectivity index (χ3v) is 3.12. The van der Waals surface area contributed by atoms with Gasteiger partial charge in [0.25, 0.3) is 0 Å². The smallest absolute Gasteiger partial charge is 0.0845 e. The Hall–Kier alpha value is -0.340. The summed E-state index contributed by atoms with van der Waals surface area (Å²) in [6.07, 6.45) is 4.70. The minimum atomic E-state index is 0.565. The Bertz CT molecular complexity index is 230. The molecule has 2 heterocycles. The van der Waals surface area contributed by atoms with Gasteiger partial charge in [-0.3, -0.25) is 0 Å². The van der Waals surface area contributed by atoms with Crippen LogP contribution in [-0.4, -0.2) is 12.2 Å². The van der Waals surface area contributed by atoms with Crippen LogP contribution < -0.4 is 0 Å². The van der Waals surface area contributed by atoms with Crippen LogP contribution in [0.25, 0.3) is 0 Å². The van der Waals surface area contributed by atoms with Crippen molar-refractivity contribution >= 4 is 11.3 Å². The van der Waals surface area contributed by atoms with Crippen LogP contribution in [0, 0.1) is 0 Å². The maximum Gasteiger partial charge on any atom is 0.0845 e. The van der Waals surface area contributed by atoms with Crippen LogP contribution in [0.15, 0.2) is 16.8 Å². The van der Waals surface area contributed by atoms with Gasteiger partial charge >= 0.3 is 0 Å². The van der Waals surface area contributed by atoms with Gasteiger partial charge in [0, 0.05) is 0 Å². The zero-order valence-electron chi connectivity index (χ0n) is 7.32. The van der Waals surface area contributed by atoms with E-state index in [2.05, 4.69) is 23.8 Å². The van der Waals surface area contributed by atoms with Crippen molar-refractivity contribution < 1.29 is 4.74 Å². The van der Waals surface area contributed by atoms with E-state index in [4.69, 9.17) is 4.74 Å². The summed E-state index contributed by atoms with van der Waals surface area (Å²) in [7, 11) is 0. The normalized spacial score (nSPS) is 27.4. The fourth-order valence-corrected chi connectivity index (χ4v) is 2.24. The minimum absolute atomic E-state index is 0.565. The fourth-order valence-electron chi connectivity index (χ4n) is 1.54. The maximum absolute atomic E-state index is 5.47. The first kappa shape index (κ1) is 8.27. The first-order valence-electron chi connectivity index (χ1n) is 4.56. The van der Waals surface area contributed by atoms with E-state index < -0.39 is 0 Å². The topological polar surface area (TPSA) is 12.5 Å². The van der Waals surface area contributed by atoms with Crippen LogP contribution in [0.5, 0.6) is 0 Å². The van der Waals surface area contributed by atoms with Gasteiger partial charge in [-0.15, -0.1) is 0 Å². The molecule has 2 unspecified atom stereocenters. The molecular formula is C10H14OS. The molecule has 0 N–H and O–H groups in total. The quantitative estimate of drug-likeness (QED) is 0.652. The highest BCUT2D eigenvalue weighted by molar-refractivity contribution is 7.07. The second-order valence-corrected chi connectivity index (χ2v) is 4.07. The molecule has 0 aromatic carbocycles. The van der Waals surface area contributed by atoms with Gasteiger partial charge in [-0.1, -0.05) is 6.92 Å². The molecule has 0 radical (unpaired) electrons. The molecular weight excluding hydrogens is 168 g/mol. The lowest BCUT2D eigenvalue weighted by molar-refractivity contribution is 0.360. The first-order valence-corrected chi connectivity index (χ1v) is 5.51. The zero-order chi connectivity index (χ0) is 8.39. The number of ether oxygens (including phenoxy) is 1. The molecule has 0 aliphatic carbocycles. The van der Waals surface area contributed by atoms with E-state index >= 15 is 0 Å². The SMILES string of the molecule is CCC1OC1CCc1ccsc1. The van der Waals surface area contributed by atoms with E-state index in [1.807, 2.05) is 0 Å². The number of aryl methyl sites for hydroxylation is 1. The summed E-state index contributed by atoms with van der Waals surface area (Å²) in [4.78, 5) is 0. The maximum atomic E-state index is 5.47. The molecule has 1 nitrogen and oxygen atoms in total. The molecule has 1 fully saturated rings. The number of thiophene rings is 1. The third kappa shape index (κ3) is 1.87. The molecule has 1 aliphatic rings. The average Bonchev–Trinajstić information content (AvgIpc) is 2.67. The highest BCUT2D eigenvalue weighted by atomic mass is 32.1. The minimum Gasteiger partial charge on any atom is -0.370 e. The van der Waals surface area contributed by atoms with Crippen molar-refractivity contribution in [2.75, 3.05) is 0 Å². The monoisotopic (exact) mass is 182 g/mol. The second-order valence-electron chi connectivity index (χ2n) is 3.29. The van der Waals surface area contributed by atoms with Crippen molar-refractivity contribution in [3.8, 4) is 0 Å². The van der Waals surface area contributed by atoms with Gasteiger partial charge in [-0.05, 0) is 41.7 Å². The summed E-state index contributed by atoms with van der Waals surface area (Å²) in [5.74, 6) is 0. The largest absolute Gasteiger partial charge is 0.370 e. The zero-order valence-corrected chi connectivity index (χ0v) is 8.14. The molecule has 12 heavy (non-hydrogen) atoms. The highest BCUT2D eigenvalue weighted by Gasteiger charge is 2.35. The van der Waals surface area contributed by atoms with Crippen LogP contribution in [-0.2, 0) is 11.2 Å². The summed E-state index contributed by atoms with van der Waals surface area (Å²) in [6, 6.07) is 2.20. The predicted octanol–water partition coefficient (Wildman–Crippen LogP) is 2.86. The highest BCUT2D eigenvalue weighted by Crippen LogP contribution is 2.29. The van der Waals surface area contributed by atoms with Crippen LogP contribution in [0.4, 0.5) is 0 Å². The summed E-state index contributed by atoms with van der Waals surface area (Å²) in [5.41, 5.74) is 1.46. The number of hydrogen-bond donors (Lipinski definition) is 0. The Morgan fingerprint density at radius 2 is 2.42 bits per heavy atom. The molecule has 2 atom stereocenters. The molecule has 1 aromatic rings. The molecule has 2 rings (SSSR count). The van der Waals surface area contributed by atoms with Crippen molar-refractivity contribution in [3.05, 3.63) is 22.4 Å². The van der Waals surface area contributed by atoms with Crippen molar-refractivity contribution in [3.63, 3.8) is 0 Å². The van der Waals surface area contributed by atoms with Gasteiger partial charge in [-0.2, -0.15) is 11.3 Å². The van der Waals surface area contributed by atoms with E-state index in [0.717, 1.165) is 0 Å². The molecule has 0 bridgehead atoms. The average molecular weight is 182 g/mol. The summed E-state index contributed by atoms with van der Waals surface area (Å²) >= 11 is 1.78. The Labute approximate surface area is 77.4 Å². The Kier molecular flexibility index (Phi) is 2.47. The van der Waals surface area contributed by atoms with E-state index in [-0.39, 0.29) is 0 Å². The van der Waals surface area contributed by atoms with Gasteiger partial charge in [0.15, 0.2) is 0 Å². The predicted molar refractivity (Wildman–Crippen MR) is 51.6 cm³/mol. The van der Waals surface area contributed by atoms with Crippen LogP contribution >= 0.6 is 11.3 Å². The van der Waals surface area contributed by atoms with Gasteiger partial charge in [-0.25, -0.2) is 0 Å². The molecule has 1 aromatic heterocycles. The van der Waals surface area contributed by atoms with Crippen molar-refractivity contribution in [2.45, 2.75) is 38.4 Å². The molecule has 0 spiro atoms. The first-order chi connectivity index (χ1) is 5.90. The van der Waals surface area contributed by atoms with Gasteiger partial charge in [0.2, 0.25) is 0 Å². The van der Waals surface area contributed by atoms with Crippen LogP contribution in [0.2, 0.25) is 0 Å². The summed E-state index contributed by atoms with van der Waals surface area (Å²) in [6.45, 7) is 2.19. The fraction of sp³-hybridized carbons (Fsp3) is 0.600. The van der Waals surface area contributed by atoms with Crippen molar-refractivity contribution in [2.24, 2.45) is 0 Å². The lowest BCUT2D eigenvalue weighted by Crippen LogP contribution is -1.94. The Morgan fingerprint density at radius 3 is 3.00 bits per heavy atom. The molecule has 0 saturated carbocycles. The van der Waals surface area contributed by atoms with Crippen molar-refractivity contribution in [1.29, 1.82) is 0 Å². The Morgan fingerprint density at radius 1 is 1.50 bits per heavy atom. The summed E-state index contributed by atoms with van der Waals surface area (Å²) < 4.78 is 5.47. The Balaban J connectivity index is 1.71. The van der Waals surface area contributed by atoms with Gasteiger partial charge in [0.05, 0.1) is 12.2 Å². The van der Waals surface area contributed by atoms with E-state index in [0.29, 0.717) is 12.2 Å². The van der Waals surface area contributed by atoms with E-state index in [9.17, 15) is 0 Å². The lowest BCUT2D eigenvalue weighted by Gasteiger charge is -1.92.